The number of aromatic nitrogens is 3. The molecule has 0 saturated heterocycles. The highest BCUT2D eigenvalue weighted by Gasteiger charge is 2.21. The Balaban J connectivity index is 1.77. The Kier molecular flexibility index (Phi) is 3.99. The second-order valence-corrected chi connectivity index (χ2v) is 6.80. The number of carbonyl (C=O) groups excluding carboxylic acids is 1. The highest BCUT2D eigenvalue weighted by molar-refractivity contribution is 7.22. The quantitative estimate of drug-likeness (QED) is 0.520. The summed E-state index contributed by atoms with van der Waals surface area (Å²) in [6.45, 7) is 0. The molecule has 0 unspecified atom stereocenters. The summed E-state index contributed by atoms with van der Waals surface area (Å²) in [5.74, 6) is -5.51. The number of thiazole rings is 1. The fraction of sp³-hybridized carbons (Fsp3) is 0.118. The Bertz CT molecular complexity index is 1220. The van der Waals surface area contributed by atoms with Crippen molar-refractivity contribution in [2.24, 2.45) is 7.05 Å². The summed E-state index contributed by atoms with van der Waals surface area (Å²) in [7, 11) is 3.59. The molecule has 138 valence electrons. The zero-order chi connectivity index (χ0) is 19.3. The molecule has 0 saturated carbocycles. The largest absolute Gasteiger partial charge is 0.386 e. The van der Waals surface area contributed by atoms with Gasteiger partial charge in [-0.2, -0.15) is 0 Å². The fourth-order valence-corrected chi connectivity index (χ4v) is 3.72. The first kappa shape index (κ1) is 17.3. The summed E-state index contributed by atoms with van der Waals surface area (Å²) in [5, 5.41) is 5.70. The van der Waals surface area contributed by atoms with Gasteiger partial charge in [-0.1, -0.05) is 11.3 Å². The summed E-state index contributed by atoms with van der Waals surface area (Å²) in [5.41, 5.74) is 2.31. The minimum absolute atomic E-state index is 0.204. The van der Waals surface area contributed by atoms with E-state index in [0.29, 0.717) is 11.6 Å². The fourth-order valence-electron chi connectivity index (χ4n) is 2.82. The van der Waals surface area contributed by atoms with Crippen molar-refractivity contribution < 1.29 is 18.0 Å². The highest BCUT2D eigenvalue weighted by Crippen LogP contribution is 2.35. The molecule has 0 radical (unpaired) electrons. The topological polar surface area (TPSA) is 71.8 Å². The standard InChI is InChI=1S/C17H12F3N5OS/c1-21-9-5-10-14(15-13(9)22-6-25(15)2)23-17(27-10)24-16(26)7-3-4-8(18)12(20)11(7)19/h3-6,21H,1-2H3,(H,23,24,26). The molecular weight excluding hydrogens is 379 g/mol. The van der Waals surface area contributed by atoms with Crippen molar-refractivity contribution in [2.45, 2.75) is 0 Å². The maximum atomic E-state index is 13.8. The summed E-state index contributed by atoms with van der Waals surface area (Å²) in [4.78, 5) is 21.0. The number of amides is 1. The number of hydrogen-bond acceptors (Lipinski definition) is 5. The minimum Gasteiger partial charge on any atom is -0.386 e. The molecule has 2 heterocycles. The van der Waals surface area contributed by atoms with Gasteiger partial charge in [0.05, 0.1) is 27.8 Å². The van der Waals surface area contributed by atoms with E-state index < -0.39 is 28.9 Å². The van der Waals surface area contributed by atoms with Crippen LogP contribution in [-0.4, -0.2) is 27.5 Å². The summed E-state index contributed by atoms with van der Waals surface area (Å²) in [6, 6.07) is 3.43. The zero-order valence-electron chi connectivity index (χ0n) is 14.1. The van der Waals surface area contributed by atoms with Crippen molar-refractivity contribution in [3.05, 3.63) is 47.5 Å². The molecule has 2 aromatic carbocycles. The first-order valence-electron chi connectivity index (χ1n) is 7.78. The number of benzene rings is 2. The van der Waals surface area contributed by atoms with Crippen LogP contribution >= 0.6 is 11.3 Å². The van der Waals surface area contributed by atoms with Gasteiger partial charge in [-0.25, -0.2) is 23.1 Å². The molecule has 27 heavy (non-hydrogen) atoms. The average Bonchev–Trinajstić information content (AvgIpc) is 3.21. The highest BCUT2D eigenvalue weighted by atomic mass is 32.1. The number of carbonyl (C=O) groups is 1. The van der Waals surface area contributed by atoms with Crippen LogP contribution in [0.1, 0.15) is 10.4 Å². The van der Waals surface area contributed by atoms with Crippen LogP contribution in [0.5, 0.6) is 0 Å². The first-order valence-corrected chi connectivity index (χ1v) is 8.59. The molecule has 0 bridgehead atoms. The number of imidazole rings is 1. The van der Waals surface area contributed by atoms with Gasteiger partial charge in [-0.05, 0) is 18.2 Å². The van der Waals surface area contributed by atoms with Gasteiger partial charge >= 0.3 is 0 Å². The van der Waals surface area contributed by atoms with Gasteiger partial charge in [0.15, 0.2) is 22.6 Å². The van der Waals surface area contributed by atoms with Crippen LogP contribution in [0.3, 0.4) is 0 Å². The van der Waals surface area contributed by atoms with Crippen LogP contribution in [0.2, 0.25) is 0 Å². The lowest BCUT2D eigenvalue weighted by atomic mass is 10.2. The van der Waals surface area contributed by atoms with E-state index in [1.54, 1.807) is 17.9 Å². The molecule has 4 rings (SSSR count). The van der Waals surface area contributed by atoms with Gasteiger partial charge in [0.2, 0.25) is 0 Å². The SMILES string of the molecule is CNc1cc2sc(NC(=O)c3ccc(F)c(F)c3F)nc2c2c1ncn2C. The lowest BCUT2D eigenvalue weighted by molar-refractivity contribution is 0.102. The van der Waals surface area contributed by atoms with Gasteiger partial charge in [0.1, 0.15) is 11.0 Å². The lowest BCUT2D eigenvalue weighted by Gasteiger charge is -2.04. The van der Waals surface area contributed by atoms with Crippen LogP contribution in [0.15, 0.2) is 24.5 Å². The third-order valence-corrected chi connectivity index (χ3v) is 5.03. The molecule has 0 spiro atoms. The van der Waals surface area contributed by atoms with E-state index in [9.17, 15) is 18.0 Å². The Morgan fingerprint density at radius 2 is 1.96 bits per heavy atom. The third-order valence-electron chi connectivity index (χ3n) is 4.11. The molecule has 0 fully saturated rings. The molecule has 2 N–H and O–H groups in total. The van der Waals surface area contributed by atoms with Crippen LogP contribution in [-0.2, 0) is 7.05 Å². The van der Waals surface area contributed by atoms with E-state index >= 15 is 0 Å². The number of nitrogens with one attached hydrogen (secondary N) is 2. The second kappa shape index (κ2) is 6.23. The maximum Gasteiger partial charge on any atom is 0.260 e. The number of aryl methyl sites for hydroxylation is 1. The zero-order valence-corrected chi connectivity index (χ0v) is 14.9. The number of nitrogens with zero attached hydrogens (tertiary/aromatic N) is 3. The van der Waals surface area contributed by atoms with Crippen LogP contribution in [0, 0.1) is 17.5 Å². The van der Waals surface area contributed by atoms with Gasteiger partial charge < -0.3 is 9.88 Å². The van der Waals surface area contributed by atoms with Gasteiger partial charge in [-0.15, -0.1) is 0 Å². The van der Waals surface area contributed by atoms with E-state index in [1.165, 1.54) is 11.3 Å². The molecule has 2 aromatic heterocycles. The third kappa shape index (κ3) is 2.69. The molecule has 10 heteroatoms. The Morgan fingerprint density at radius 3 is 2.70 bits per heavy atom. The molecular formula is C17H12F3N5OS. The second-order valence-electron chi connectivity index (χ2n) is 5.77. The molecule has 0 aliphatic rings. The van der Waals surface area contributed by atoms with Crippen LogP contribution < -0.4 is 10.6 Å². The number of hydrogen-bond donors (Lipinski definition) is 2. The normalized spacial score (nSPS) is 11.3. The minimum atomic E-state index is -1.69. The van der Waals surface area contributed by atoms with E-state index in [2.05, 4.69) is 20.6 Å². The average molecular weight is 391 g/mol. The van der Waals surface area contributed by atoms with Crippen LogP contribution in [0.25, 0.3) is 21.3 Å². The van der Waals surface area contributed by atoms with Gasteiger partial charge in [-0.3, -0.25) is 10.1 Å². The Hall–Kier alpha value is -3.14. The number of fused-ring (bicyclic) bond motifs is 3. The maximum absolute atomic E-state index is 13.8. The predicted octanol–water partition coefficient (Wildman–Crippen LogP) is 3.89. The first-order chi connectivity index (χ1) is 12.9. The number of halogens is 3. The van der Waals surface area contributed by atoms with E-state index in [4.69, 9.17) is 0 Å². The molecule has 1 amide bonds. The monoisotopic (exact) mass is 391 g/mol. The predicted molar refractivity (Wildman–Crippen MR) is 97.7 cm³/mol. The van der Waals surface area contributed by atoms with Crippen molar-refractivity contribution in [3.63, 3.8) is 0 Å². The molecule has 0 aliphatic heterocycles. The molecule has 6 nitrogen and oxygen atoms in total. The lowest BCUT2D eigenvalue weighted by Crippen LogP contribution is -2.15. The summed E-state index contributed by atoms with van der Waals surface area (Å²) >= 11 is 1.18. The smallest absolute Gasteiger partial charge is 0.260 e. The van der Waals surface area contributed by atoms with Gasteiger partial charge in [0.25, 0.3) is 5.91 Å². The molecule has 0 aliphatic carbocycles. The van der Waals surface area contributed by atoms with Crippen molar-refractivity contribution in [3.8, 4) is 0 Å². The van der Waals surface area contributed by atoms with E-state index in [-0.39, 0.29) is 5.13 Å². The van der Waals surface area contributed by atoms with Crippen molar-refractivity contribution in [2.75, 3.05) is 17.7 Å². The summed E-state index contributed by atoms with van der Waals surface area (Å²) in [6.07, 6.45) is 1.65. The number of rotatable bonds is 3. The number of anilines is 2. The van der Waals surface area contributed by atoms with E-state index in [1.807, 2.05) is 13.1 Å². The Labute approximate surface area is 154 Å². The summed E-state index contributed by atoms with van der Waals surface area (Å²) < 4.78 is 42.8. The van der Waals surface area contributed by atoms with Crippen molar-refractivity contribution >= 4 is 49.3 Å². The molecule has 0 atom stereocenters. The Morgan fingerprint density at radius 1 is 1.19 bits per heavy atom. The van der Waals surface area contributed by atoms with Gasteiger partial charge in [0, 0.05) is 14.1 Å². The van der Waals surface area contributed by atoms with E-state index in [0.717, 1.165) is 27.5 Å². The van der Waals surface area contributed by atoms with Crippen LogP contribution in [0.4, 0.5) is 24.0 Å². The van der Waals surface area contributed by atoms with Crippen molar-refractivity contribution in [1.82, 2.24) is 14.5 Å². The molecule has 4 aromatic rings. The van der Waals surface area contributed by atoms with Crippen molar-refractivity contribution in [1.29, 1.82) is 0 Å².